The van der Waals surface area contributed by atoms with Gasteiger partial charge in [0, 0.05) is 18.4 Å². The first kappa shape index (κ1) is 15.1. The molecule has 0 fully saturated rings. The van der Waals surface area contributed by atoms with E-state index in [9.17, 15) is 13.2 Å². The van der Waals surface area contributed by atoms with Crippen LogP contribution in [0.1, 0.15) is 34.7 Å². The number of aromatic amines is 1. The number of sulfonamides is 1. The topological polar surface area (TPSA) is 125 Å². The molecule has 2 aromatic heterocycles. The Morgan fingerprint density at radius 3 is 2.57 bits per heavy atom. The van der Waals surface area contributed by atoms with Gasteiger partial charge in [0.1, 0.15) is 4.90 Å². The second-order valence-corrected chi connectivity index (χ2v) is 6.11. The monoisotopic (exact) mass is 310 g/mol. The highest BCUT2D eigenvalue weighted by molar-refractivity contribution is 7.89. The smallest absolute Gasteiger partial charge is 0.357 e. The summed E-state index contributed by atoms with van der Waals surface area (Å²) in [5.74, 6) is -1.41. The molecule has 2 heterocycles. The van der Waals surface area contributed by atoms with Crippen molar-refractivity contribution in [3.8, 4) is 0 Å². The van der Waals surface area contributed by atoms with Crippen LogP contribution in [0.3, 0.4) is 0 Å². The lowest BCUT2D eigenvalue weighted by Crippen LogP contribution is -2.28. The van der Waals surface area contributed by atoms with Crippen LogP contribution in [0.25, 0.3) is 0 Å². The van der Waals surface area contributed by atoms with Crippen molar-refractivity contribution in [3.05, 3.63) is 41.5 Å². The predicted molar refractivity (Wildman–Crippen MR) is 73.3 cm³/mol. The molecule has 9 heteroatoms. The third kappa shape index (κ3) is 3.09. The molecule has 0 spiro atoms. The highest BCUT2D eigenvalue weighted by atomic mass is 32.2. The molecule has 0 bridgehead atoms. The quantitative estimate of drug-likeness (QED) is 0.752. The van der Waals surface area contributed by atoms with Gasteiger partial charge in [0.15, 0.2) is 5.69 Å². The van der Waals surface area contributed by atoms with E-state index in [4.69, 9.17) is 5.11 Å². The molecule has 1 atom stereocenters. The van der Waals surface area contributed by atoms with Gasteiger partial charge in [-0.3, -0.25) is 10.1 Å². The van der Waals surface area contributed by atoms with Gasteiger partial charge in [0.25, 0.3) is 0 Å². The minimum atomic E-state index is -4.02. The Labute approximate surface area is 121 Å². The Hall–Kier alpha value is -2.26. The Balaban J connectivity index is 2.36. The van der Waals surface area contributed by atoms with Crippen molar-refractivity contribution in [3.63, 3.8) is 0 Å². The number of hydrogen-bond donors (Lipinski definition) is 3. The molecule has 0 aliphatic carbocycles. The Morgan fingerprint density at radius 2 is 2.00 bits per heavy atom. The summed E-state index contributed by atoms with van der Waals surface area (Å²) in [6.45, 7) is 3.11. The van der Waals surface area contributed by atoms with Gasteiger partial charge in [0.05, 0.1) is 5.69 Å². The lowest BCUT2D eigenvalue weighted by atomic mass is 10.1. The Bertz CT molecular complexity index is 755. The zero-order valence-electron chi connectivity index (χ0n) is 11.4. The van der Waals surface area contributed by atoms with Gasteiger partial charge in [-0.15, -0.1) is 0 Å². The second-order valence-electron chi connectivity index (χ2n) is 4.46. The highest BCUT2D eigenvalue weighted by Crippen LogP contribution is 2.21. The molecule has 0 saturated carbocycles. The number of nitrogens with zero attached hydrogens (tertiary/aromatic N) is 2. The van der Waals surface area contributed by atoms with Gasteiger partial charge < -0.3 is 5.11 Å². The molecule has 2 rings (SSSR count). The molecule has 21 heavy (non-hydrogen) atoms. The SMILES string of the molecule is Cc1[nH]nc(C(=O)O)c1S(=O)(=O)N[C@@H](C)c1ccncc1. The number of nitrogens with one attached hydrogen (secondary N) is 2. The van der Waals surface area contributed by atoms with E-state index >= 15 is 0 Å². The molecule has 2 aromatic rings. The zero-order valence-corrected chi connectivity index (χ0v) is 12.2. The molecule has 112 valence electrons. The number of hydrogen-bond acceptors (Lipinski definition) is 5. The zero-order chi connectivity index (χ0) is 15.6. The van der Waals surface area contributed by atoms with E-state index in [1.54, 1.807) is 31.5 Å². The average Bonchev–Trinajstić information content (AvgIpc) is 2.82. The molecular formula is C12H14N4O4S. The summed E-state index contributed by atoms with van der Waals surface area (Å²) in [7, 11) is -4.02. The van der Waals surface area contributed by atoms with E-state index in [0.29, 0.717) is 5.56 Å². The molecule has 8 nitrogen and oxygen atoms in total. The number of rotatable bonds is 5. The maximum Gasteiger partial charge on any atom is 0.357 e. The molecule has 0 aliphatic rings. The molecule has 0 unspecified atom stereocenters. The Morgan fingerprint density at radius 1 is 1.38 bits per heavy atom. The van der Waals surface area contributed by atoms with Gasteiger partial charge in [-0.1, -0.05) is 0 Å². The number of carbonyl (C=O) groups is 1. The van der Waals surface area contributed by atoms with E-state index in [-0.39, 0.29) is 10.6 Å². The number of aryl methyl sites for hydroxylation is 1. The number of pyridine rings is 1. The van der Waals surface area contributed by atoms with Crippen LogP contribution >= 0.6 is 0 Å². The summed E-state index contributed by atoms with van der Waals surface area (Å²) in [6, 6.07) is 2.81. The lowest BCUT2D eigenvalue weighted by Gasteiger charge is -2.14. The van der Waals surface area contributed by atoms with Crippen molar-refractivity contribution >= 4 is 16.0 Å². The van der Waals surface area contributed by atoms with Crippen molar-refractivity contribution in [1.29, 1.82) is 0 Å². The van der Waals surface area contributed by atoms with Crippen molar-refractivity contribution in [2.45, 2.75) is 24.8 Å². The summed E-state index contributed by atoms with van der Waals surface area (Å²) in [5, 5.41) is 14.9. The minimum absolute atomic E-state index is 0.168. The van der Waals surface area contributed by atoms with E-state index in [1.807, 2.05) is 0 Å². The van der Waals surface area contributed by atoms with E-state index in [1.165, 1.54) is 6.92 Å². The Kier molecular flexibility index (Phi) is 4.05. The predicted octanol–water partition coefficient (Wildman–Crippen LogP) is 0.851. The van der Waals surface area contributed by atoms with Crippen LogP contribution in [0.4, 0.5) is 0 Å². The fraction of sp³-hybridized carbons (Fsp3) is 0.250. The standard InChI is InChI=1S/C12H14N4O4S/c1-7(9-3-5-13-6-4-9)16-21(19,20)11-8(2)14-15-10(11)12(17)18/h3-7,16H,1-2H3,(H,14,15)(H,17,18)/t7-/m0/s1. The van der Waals surface area contributed by atoms with Crippen LogP contribution in [0, 0.1) is 6.92 Å². The van der Waals surface area contributed by atoms with Gasteiger partial charge in [0.2, 0.25) is 10.0 Å². The van der Waals surface area contributed by atoms with Gasteiger partial charge >= 0.3 is 5.97 Å². The second kappa shape index (κ2) is 5.62. The van der Waals surface area contributed by atoms with Gasteiger partial charge in [-0.25, -0.2) is 17.9 Å². The lowest BCUT2D eigenvalue weighted by molar-refractivity contribution is 0.0686. The fourth-order valence-electron chi connectivity index (χ4n) is 1.90. The van der Waals surface area contributed by atoms with Crippen molar-refractivity contribution in [1.82, 2.24) is 19.9 Å². The van der Waals surface area contributed by atoms with E-state index < -0.39 is 27.7 Å². The number of carboxylic acids is 1. The normalized spacial score (nSPS) is 13.0. The third-order valence-electron chi connectivity index (χ3n) is 2.90. The summed E-state index contributed by atoms with van der Waals surface area (Å²) in [5.41, 5.74) is 0.357. The van der Waals surface area contributed by atoms with E-state index in [0.717, 1.165) is 0 Å². The summed E-state index contributed by atoms with van der Waals surface area (Å²) < 4.78 is 27.2. The maximum absolute atomic E-state index is 12.4. The number of aromatic carboxylic acids is 1. The number of carboxylic acid groups (broad SMARTS) is 1. The first-order chi connectivity index (χ1) is 9.83. The summed E-state index contributed by atoms with van der Waals surface area (Å²) in [6.07, 6.45) is 3.10. The summed E-state index contributed by atoms with van der Waals surface area (Å²) >= 11 is 0. The van der Waals surface area contributed by atoms with Crippen LogP contribution in [0.15, 0.2) is 29.4 Å². The molecule has 0 amide bonds. The first-order valence-electron chi connectivity index (χ1n) is 6.03. The maximum atomic E-state index is 12.4. The fourth-order valence-corrected chi connectivity index (χ4v) is 3.46. The minimum Gasteiger partial charge on any atom is -0.476 e. The molecule has 0 aliphatic heterocycles. The van der Waals surface area contributed by atoms with E-state index in [2.05, 4.69) is 19.9 Å². The van der Waals surface area contributed by atoms with Crippen molar-refractivity contribution in [2.24, 2.45) is 0 Å². The van der Waals surface area contributed by atoms with Gasteiger partial charge in [-0.05, 0) is 31.5 Å². The molecular weight excluding hydrogens is 296 g/mol. The molecule has 0 aromatic carbocycles. The number of H-pyrrole nitrogens is 1. The molecule has 0 radical (unpaired) electrons. The van der Waals surface area contributed by atoms with Crippen LogP contribution in [0.2, 0.25) is 0 Å². The average molecular weight is 310 g/mol. The van der Waals surface area contributed by atoms with Crippen LogP contribution < -0.4 is 4.72 Å². The van der Waals surface area contributed by atoms with Crippen LogP contribution in [-0.4, -0.2) is 34.7 Å². The number of aromatic nitrogens is 3. The largest absolute Gasteiger partial charge is 0.476 e. The first-order valence-corrected chi connectivity index (χ1v) is 7.51. The highest BCUT2D eigenvalue weighted by Gasteiger charge is 2.29. The molecule has 3 N–H and O–H groups in total. The van der Waals surface area contributed by atoms with Gasteiger partial charge in [-0.2, -0.15) is 5.10 Å². The van der Waals surface area contributed by atoms with Crippen LogP contribution in [-0.2, 0) is 10.0 Å². The molecule has 0 saturated heterocycles. The van der Waals surface area contributed by atoms with Crippen molar-refractivity contribution < 1.29 is 18.3 Å². The van der Waals surface area contributed by atoms with Crippen molar-refractivity contribution in [2.75, 3.05) is 0 Å². The third-order valence-corrected chi connectivity index (χ3v) is 4.60. The summed E-state index contributed by atoms with van der Waals surface area (Å²) in [4.78, 5) is 14.6. The van der Waals surface area contributed by atoms with Crippen LogP contribution in [0.5, 0.6) is 0 Å².